The first kappa shape index (κ1) is 18.7. The molecule has 0 radical (unpaired) electrons. The van der Waals surface area contributed by atoms with Crippen LogP contribution < -0.4 is 0 Å². The van der Waals surface area contributed by atoms with Crippen LogP contribution in [0.4, 0.5) is 4.39 Å². The minimum atomic E-state index is -3.71. The topological polar surface area (TPSA) is 56.1 Å². The van der Waals surface area contributed by atoms with Gasteiger partial charge in [-0.15, -0.1) is 0 Å². The Morgan fingerprint density at radius 3 is 2.46 bits per heavy atom. The number of Topliss-reactive ketones (excluding diaryl/α,β-unsaturated/α-hetero) is 1. The second-order valence-electron chi connectivity index (χ2n) is 5.72. The number of ketones is 1. The molecular formula is C17H19ClFNO3S. The number of rotatable bonds is 6. The minimum Gasteiger partial charge on any atom is -0.349 e. The van der Waals surface area contributed by atoms with Crippen LogP contribution in [0, 0.1) is 19.7 Å². The lowest BCUT2D eigenvalue weighted by molar-refractivity contribution is 0.102. The molecule has 1 aromatic heterocycles. The Balaban J connectivity index is 2.21. The van der Waals surface area contributed by atoms with E-state index < -0.39 is 32.9 Å². The van der Waals surface area contributed by atoms with Gasteiger partial charge >= 0.3 is 0 Å². The molecule has 1 aromatic carbocycles. The molecule has 0 saturated heterocycles. The second kappa shape index (κ2) is 7.07. The van der Waals surface area contributed by atoms with Crippen LogP contribution >= 0.6 is 11.6 Å². The van der Waals surface area contributed by atoms with Crippen molar-refractivity contribution >= 4 is 27.2 Å². The van der Waals surface area contributed by atoms with Crippen LogP contribution in [-0.2, 0) is 22.1 Å². The molecular weight excluding hydrogens is 353 g/mol. The number of benzene rings is 1. The summed E-state index contributed by atoms with van der Waals surface area (Å²) in [5, 5.41) is 0.0372. The van der Waals surface area contributed by atoms with Gasteiger partial charge in [-0.05, 0) is 44.5 Å². The highest BCUT2D eigenvalue weighted by atomic mass is 35.5. The maximum absolute atomic E-state index is 13.0. The van der Waals surface area contributed by atoms with Gasteiger partial charge in [0.2, 0.25) is 0 Å². The number of nitrogens with zero attached hydrogens (tertiary/aromatic N) is 1. The molecule has 0 aliphatic carbocycles. The Bertz CT molecular complexity index is 887. The van der Waals surface area contributed by atoms with E-state index in [9.17, 15) is 17.6 Å². The maximum Gasteiger partial charge on any atom is 0.179 e. The normalized spacial score (nSPS) is 11.7. The molecule has 0 N–H and O–H groups in total. The molecule has 130 valence electrons. The van der Waals surface area contributed by atoms with E-state index in [1.165, 1.54) is 6.07 Å². The van der Waals surface area contributed by atoms with Gasteiger partial charge in [0.05, 0.1) is 5.75 Å². The van der Waals surface area contributed by atoms with E-state index in [4.69, 9.17) is 11.6 Å². The quantitative estimate of drug-likeness (QED) is 0.727. The Kier molecular flexibility index (Phi) is 5.50. The third kappa shape index (κ3) is 4.05. The van der Waals surface area contributed by atoms with Gasteiger partial charge in [0.15, 0.2) is 15.6 Å². The molecule has 0 fully saturated rings. The first-order valence-electron chi connectivity index (χ1n) is 7.49. The lowest BCUT2D eigenvalue weighted by Gasteiger charge is -2.07. The predicted molar refractivity (Wildman–Crippen MR) is 92.8 cm³/mol. The third-order valence-electron chi connectivity index (χ3n) is 3.93. The van der Waals surface area contributed by atoms with Crippen LogP contribution in [0.15, 0.2) is 24.3 Å². The number of carbonyl (C=O) groups excluding carboxylic acids is 1. The number of halogens is 2. The summed E-state index contributed by atoms with van der Waals surface area (Å²) >= 11 is 5.86. The molecule has 0 aliphatic rings. The predicted octanol–water partition coefficient (Wildman–Crippen LogP) is 3.72. The first-order valence-corrected chi connectivity index (χ1v) is 9.69. The summed E-state index contributed by atoms with van der Waals surface area (Å²) in [7, 11) is -3.71. The Labute approximate surface area is 146 Å². The molecule has 4 nitrogen and oxygen atoms in total. The van der Waals surface area contributed by atoms with E-state index >= 15 is 0 Å². The van der Waals surface area contributed by atoms with Gasteiger partial charge in [0, 0.05) is 28.5 Å². The van der Waals surface area contributed by atoms with Crippen molar-refractivity contribution in [2.75, 3.05) is 5.75 Å². The standard InChI is InChI=1S/C17H19ClFNO3S/c1-4-20-11(2)7-15(12(20)3)17(21)10-24(22,23)9-13-5-6-14(19)8-16(13)18/h5-8H,4,9-10H2,1-3H3. The zero-order valence-corrected chi connectivity index (χ0v) is 15.3. The molecule has 24 heavy (non-hydrogen) atoms. The van der Waals surface area contributed by atoms with E-state index in [2.05, 4.69) is 0 Å². The fourth-order valence-corrected chi connectivity index (χ4v) is 4.47. The molecule has 7 heteroatoms. The highest BCUT2D eigenvalue weighted by molar-refractivity contribution is 7.91. The molecule has 1 heterocycles. The lowest BCUT2D eigenvalue weighted by Crippen LogP contribution is -2.18. The molecule has 0 unspecified atom stereocenters. The summed E-state index contributed by atoms with van der Waals surface area (Å²) in [6.45, 7) is 6.34. The first-order chi connectivity index (χ1) is 11.1. The van der Waals surface area contributed by atoms with Crippen LogP contribution in [0.3, 0.4) is 0 Å². The molecule has 2 rings (SSSR count). The van der Waals surface area contributed by atoms with Crippen molar-refractivity contribution in [2.24, 2.45) is 0 Å². The summed E-state index contributed by atoms with van der Waals surface area (Å²) in [6, 6.07) is 5.24. The fourth-order valence-electron chi connectivity index (χ4n) is 2.77. The Morgan fingerprint density at radius 2 is 1.92 bits per heavy atom. The van der Waals surface area contributed by atoms with Crippen molar-refractivity contribution in [1.82, 2.24) is 4.57 Å². The number of carbonyl (C=O) groups is 1. The fraction of sp³-hybridized carbons (Fsp3) is 0.353. The van der Waals surface area contributed by atoms with Crippen LogP contribution in [0.2, 0.25) is 5.02 Å². The Morgan fingerprint density at radius 1 is 1.25 bits per heavy atom. The molecule has 0 spiro atoms. The summed E-state index contributed by atoms with van der Waals surface area (Å²) < 4.78 is 39.6. The molecule has 0 amide bonds. The largest absolute Gasteiger partial charge is 0.349 e. The average Bonchev–Trinajstić information content (AvgIpc) is 2.76. The molecule has 0 saturated carbocycles. The van der Waals surface area contributed by atoms with Crippen LogP contribution in [0.1, 0.15) is 34.2 Å². The Hall–Kier alpha value is -1.66. The summed E-state index contributed by atoms with van der Waals surface area (Å²) in [6.07, 6.45) is 0. The zero-order valence-electron chi connectivity index (χ0n) is 13.8. The minimum absolute atomic E-state index is 0.0372. The summed E-state index contributed by atoms with van der Waals surface area (Å²) in [5.41, 5.74) is 2.38. The molecule has 0 bridgehead atoms. The van der Waals surface area contributed by atoms with Gasteiger partial charge in [0.25, 0.3) is 0 Å². The van der Waals surface area contributed by atoms with Gasteiger partial charge in [-0.3, -0.25) is 4.79 Å². The average molecular weight is 372 g/mol. The highest BCUT2D eigenvalue weighted by Gasteiger charge is 2.23. The summed E-state index contributed by atoms with van der Waals surface area (Å²) in [4.78, 5) is 12.4. The van der Waals surface area contributed by atoms with E-state index in [-0.39, 0.29) is 10.6 Å². The SMILES string of the molecule is CCn1c(C)cc(C(=O)CS(=O)(=O)Cc2ccc(F)cc2Cl)c1C. The van der Waals surface area contributed by atoms with Crippen molar-refractivity contribution in [1.29, 1.82) is 0 Å². The van der Waals surface area contributed by atoms with Crippen molar-refractivity contribution in [3.05, 3.63) is 57.6 Å². The van der Waals surface area contributed by atoms with Crippen LogP contribution in [0.5, 0.6) is 0 Å². The van der Waals surface area contributed by atoms with E-state index in [1.807, 2.05) is 18.4 Å². The molecule has 0 atom stereocenters. The molecule has 2 aromatic rings. The van der Waals surface area contributed by atoms with Crippen molar-refractivity contribution in [2.45, 2.75) is 33.1 Å². The number of aromatic nitrogens is 1. The van der Waals surface area contributed by atoms with Crippen LogP contribution in [0.25, 0.3) is 0 Å². The lowest BCUT2D eigenvalue weighted by atomic mass is 10.2. The van der Waals surface area contributed by atoms with Crippen LogP contribution in [-0.4, -0.2) is 24.5 Å². The monoisotopic (exact) mass is 371 g/mol. The van der Waals surface area contributed by atoms with Gasteiger partial charge < -0.3 is 4.57 Å². The number of hydrogen-bond acceptors (Lipinski definition) is 3. The van der Waals surface area contributed by atoms with Crippen molar-refractivity contribution in [3.63, 3.8) is 0 Å². The number of aryl methyl sites for hydroxylation is 1. The number of hydrogen-bond donors (Lipinski definition) is 0. The third-order valence-corrected chi connectivity index (χ3v) is 5.74. The highest BCUT2D eigenvalue weighted by Crippen LogP contribution is 2.21. The van der Waals surface area contributed by atoms with Gasteiger partial charge in [0.1, 0.15) is 11.6 Å². The van der Waals surface area contributed by atoms with Crippen molar-refractivity contribution in [3.8, 4) is 0 Å². The van der Waals surface area contributed by atoms with Crippen molar-refractivity contribution < 1.29 is 17.6 Å². The smallest absolute Gasteiger partial charge is 0.179 e. The van der Waals surface area contributed by atoms with E-state index in [0.29, 0.717) is 12.1 Å². The number of sulfone groups is 1. The zero-order chi connectivity index (χ0) is 18.1. The maximum atomic E-state index is 13.0. The molecule has 0 aliphatic heterocycles. The summed E-state index contributed by atoms with van der Waals surface area (Å²) in [5.74, 6) is -1.98. The van der Waals surface area contributed by atoms with E-state index in [0.717, 1.165) is 23.5 Å². The van der Waals surface area contributed by atoms with Gasteiger partial charge in [-0.1, -0.05) is 17.7 Å². The second-order valence-corrected chi connectivity index (χ2v) is 8.19. The van der Waals surface area contributed by atoms with Gasteiger partial charge in [-0.25, -0.2) is 12.8 Å². The van der Waals surface area contributed by atoms with E-state index in [1.54, 1.807) is 13.0 Å². The van der Waals surface area contributed by atoms with Gasteiger partial charge in [-0.2, -0.15) is 0 Å².